The Morgan fingerprint density at radius 2 is 2.00 bits per heavy atom. The number of hydrogen-bond donors (Lipinski definition) is 2. The van der Waals surface area contributed by atoms with Crippen LogP contribution in [0, 0.1) is 12.7 Å². The van der Waals surface area contributed by atoms with Gasteiger partial charge < -0.3 is 11.1 Å². The van der Waals surface area contributed by atoms with Crippen LogP contribution >= 0.6 is 12.2 Å². The van der Waals surface area contributed by atoms with Crippen molar-refractivity contribution >= 4 is 22.9 Å². The average molecular weight is 288 g/mol. The molecule has 0 saturated heterocycles. The fraction of sp³-hybridized carbons (Fsp3) is 0.188. The first-order valence-corrected chi connectivity index (χ1v) is 6.80. The molecule has 0 fully saturated rings. The number of thiocarbonyl (C=S) groups is 1. The molecule has 0 aliphatic rings. The van der Waals surface area contributed by atoms with Crippen molar-refractivity contribution in [2.24, 2.45) is 5.73 Å². The highest BCUT2D eigenvalue weighted by Gasteiger charge is 2.08. The van der Waals surface area contributed by atoms with Gasteiger partial charge in [0.1, 0.15) is 10.8 Å². The highest BCUT2D eigenvalue weighted by atomic mass is 32.1. The third-order valence-electron chi connectivity index (χ3n) is 3.22. The summed E-state index contributed by atoms with van der Waals surface area (Å²) >= 11 is 4.99. The summed E-state index contributed by atoms with van der Waals surface area (Å²) in [6, 6.07) is 12.4. The molecule has 0 aromatic heterocycles. The van der Waals surface area contributed by atoms with Crippen LogP contribution in [0.5, 0.6) is 0 Å². The molecule has 4 heteroatoms. The Bertz CT molecular complexity index is 640. The topological polar surface area (TPSA) is 38.0 Å². The number of benzene rings is 2. The van der Waals surface area contributed by atoms with E-state index in [0.29, 0.717) is 4.99 Å². The molecule has 104 valence electrons. The van der Waals surface area contributed by atoms with Gasteiger partial charge in [-0.1, -0.05) is 24.4 Å². The van der Waals surface area contributed by atoms with Crippen LogP contribution in [-0.4, -0.2) is 4.99 Å². The molecular formula is C16H17FN2S. The first-order chi connectivity index (χ1) is 9.47. The molecule has 2 nitrogen and oxygen atoms in total. The van der Waals surface area contributed by atoms with Crippen LogP contribution in [0.3, 0.4) is 0 Å². The zero-order valence-electron chi connectivity index (χ0n) is 11.5. The van der Waals surface area contributed by atoms with E-state index in [0.717, 1.165) is 22.4 Å². The Balaban J connectivity index is 2.18. The Morgan fingerprint density at radius 3 is 2.60 bits per heavy atom. The third-order valence-corrected chi connectivity index (χ3v) is 3.44. The van der Waals surface area contributed by atoms with Crippen molar-refractivity contribution in [3.63, 3.8) is 0 Å². The van der Waals surface area contributed by atoms with Crippen molar-refractivity contribution in [3.8, 4) is 0 Å². The average Bonchev–Trinajstić information content (AvgIpc) is 2.38. The van der Waals surface area contributed by atoms with Gasteiger partial charge in [0, 0.05) is 17.3 Å². The van der Waals surface area contributed by atoms with Gasteiger partial charge in [0.2, 0.25) is 0 Å². The number of nitrogens with two attached hydrogens (primary N) is 1. The van der Waals surface area contributed by atoms with E-state index in [1.165, 1.54) is 12.1 Å². The normalized spacial score (nSPS) is 11.9. The van der Waals surface area contributed by atoms with Crippen molar-refractivity contribution in [1.82, 2.24) is 0 Å². The van der Waals surface area contributed by atoms with Crippen molar-refractivity contribution in [1.29, 1.82) is 0 Å². The summed E-state index contributed by atoms with van der Waals surface area (Å²) in [5.41, 5.74) is 9.41. The van der Waals surface area contributed by atoms with Gasteiger partial charge in [0.05, 0.1) is 0 Å². The van der Waals surface area contributed by atoms with E-state index in [1.807, 2.05) is 38.1 Å². The molecule has 0 heterocycles. The molecule has 0 radical (unpaired) electrons. The van der Waals surface area contributed by atoms with Crippen LogP contribution in [0.4, 0.5) is 10.1 Å². The van der Waals surface area contributed by atoms with Gasteiger partial charge in [-0.2, -0.15) is 0 Å². The minimum absolute atomic E-state index is 0.0146. The summed E-state index contributed by atoms with van der Waals surface area (Å²) in [4.78, 5) is 0.396. The summed E-state index contributed by atoms with van der Waals surface area (Å²) in [6.45, 7) is 3.96. The molecule has 20 heavy (non-hydrogen) atoms. The van der Waals surface area contributed by atoms with Gasteiger partial charge in [0.25, 0.3) is 0 Å². The Kier molecular flexibility index (Phi) is 4.35. The second kappa shape index (κ2) is 6.01. The number of nitrogens with one attached hydrogen (secondary N) is 1. The number of rotatable bonds is 4. The maximum atomic E-state index is 13.2. The van der Waals surface area contributed by atoms with Crippen molar-refractivity contribution in [2.75, 3.05) is 5.32 Å². The standard InChI is InChI=1S/C16H17FN2S/c1-10-8-14(6-7-15(10)16(18)20)19-11(2)12-4-3-5-13(17)9-12/h3-9,11,19H,1-2H3,(H2,18,20). The van der Waals surface area contributed by atoms with Crippen LogP contribution < -0.4 is 11.1 Å². The minimum atomic E-state index is -0.226. The largest absolute Gasteiger partial charge is 0.389 e. The minimum Gasteiger partial charge on any atom is -0.389 e. The van der Waals surface area contributed by atoms with Crippen molar-refractivity contribution in [3.05, 3.63) is 65.0 Å². The predicted octanol–water partition coefficient (Wildman–Crippen LogP) is 3.94. The highest BCUT2D eigenvalue weighted by Crippen LogP contribution is 2.22. The van der Waals surface area contributed by atoms with E-state index in [2.05, 4.69) is 5.32 Å². The first kappa shape index (κ1) is 14.5. The van der Waals surface area contributed by atoms with Gasteiger partial charge in [-0.3, -0.25) is 0 Å². The SMILES string of the molecule is Cc1cc(NC(C)c2cccc(F)c2)ccc1C(N)=S. The summed E-state index contributed by atoms with van der Waals surface area (Å²) in [5.74, 6) is -0.226. The Hall–Kier alpha value is -1.94. The van der Waals surface area contributed by atoms with Gasteiger partial charge in [-0.25, -0.2) is 4.39 Å². The van der Waals surface area contributed by atoms with E-state index in [-0.39, 0.29) is 11.9 Å². The van der Waals surface area contributed by atoms with E-state index >= 15 is 0 Å². The van der Waals surface area contributed by atoms with Crippen LogP contribution in [0.2, 0.25) is 0 Å². The van der Waals surface area contributed by atoms with Gasteiger partial charge in [0.15, 0.2) is 0 Å². The summed E-state index contributed by atoms with van der Waals surface area (Å²) in [7, 11) is 0. The smallest absolute Gasteiger partial charge is 0.123 e. The quantitative estimate of drug-likeness (QED) is 0.837. The lowest BCUT2D eigenvalue weighted by molar-refractivity contribution is 0.623. The number of anilines is 1. The monoisotopic (exact) mass is 288 g/mol. The van der Waals surface area contributed by atoms with Gasteiger partial charge in [-0.15, -0.1) is 0 Å². The maximum absolute atomic E-state index is 13.2. The lowest BCUT2D eigenvalue weighted by Crippen LogP contribution is -2.12. The van der Waals surface area contributed by atoms with E-state index < -0.39 is 0 Å². The van der Waals surface area contributed by atoms with E-state index in [9.17, 15) is 4.39 Å². The van der Waals surface area contributed by atoms with Crippen molar-refractivity contribution < 1.29 is 4.39 Å². The Labute approximate surface area is 123 Å². The zero-order valence-corrected chi connectivity index (χ0v) is 12.3. The molecule has 0 aliphatic carbocycles. The second-order valence-electron chi connectivity index (χ2n) is 4.81. The zero-order chi connectivity index (χ0) is 14.7. The van der Waals surface area contributed by atoms with Crippen molar-refractivity contribution in [2.45, 2.75) is 19.9 Å². The molecule has 0 spiro atoms. The predicted molar refractivity (Wildman–Crippen MR) is 85.5 cm³/mol. The molecule has 0 saturated carbocycles. The Morgan fingerprint density at radius 1 is 1.25 bits per heavy atom. The van der Waals surface area contributed by atoms with Crippen LogP contribution in [0.1, 0.15) is 29.7 Å². The van der Waals surface area contributed by atoms with Crippen LogP contribution in [0.25, 0.3) is 0 Å². The van der Waals surface area contributed by atoms with E-state index in [1.54, 1.807) is 6.07 Å². The summed E-state index contributed by atoms with van der Waals surface area (Å²) < 4.78 is 13.2. The molecule has 0 amide bonds. The molecule has 2 aromatic carbocycles. The van der Waals surface area contributed by atoms with E-state index in [4.69, 9.17) is 18.0 Å². The lowest BCUT2D eigenvalue weighted by atomic mass is 10.1. The molecule has 3 N–H and O–H groups in total. The maximum Gasteiger partial charge on any atom is 0.123 e. The number of hydrogen-bond acceptors (Lipinski definition) is 2. The summed E-state index contributed by atoms with van der Waals surface area (Å²) in [5, 5.41) is 3.34. The van der Waals surface area contributed by atoms with Crippen LogP contribution in [0.15, 0.2) is 42.5 Å². The molecule has 2 aromatic rings. The molecule has 2 rings (SSSR count). The molecule has 0 bridgehead atoms. The molecule has 0 aliphatic heterocycles. The summed E-state index contributed by atoms with van der Waals surface area (Å²) in [6.07, 6.45) is 0. The lowest BCUT2D eigenvalue weighted by Gasteiger charge is -2.17. The first-order valence-electron chi connectivity index (χ1n) is 6.40. The fourth-order valence-electron chi connectivity index (χ4n) is 2.14. The van der Waals surface area contributed by atoms with Gasteiger partial charge >= 0.3 is 0 Å². The van der Waals surface area contributed by atoms with Gasteiger partial charge in [-0.05, 0) is 55.3 Å². The molecule has 1 unspecified atom stereocenters. The highest BCUT2D eigenvalue weighted by molar-refractivity contribution is 7.80. The number of halogens is 1. The fourth-order valence-corrected chi connectivity index (χ4v) is 2.37. The third kappa shape index (κ3) is 3.33. The van der Waals surface area contributed by atoms with Crippen LogP contribution in [-0.2, 0) is 0 Å². The molecular weight excluding hydrogens is 271 g/mol. The second-order valence-corrected chi connectivity index (χ2v) is 5.25. The number of aryl methyl sites for hydroxylation is 1. The molecule has 1 atom stereocenters.